The maximum atomic E-state index is 13.9. The van der Waals surface area contributed by atoms with Gasteiger partial charge >= 0.3 is 0 Å². The molecule has 0 aliphatic carbocycles. The zero-order valence-corrected chi connectivity index (χ0v) is 19.1. The molecule has 2 aromatic rings. The minimum Gasteiger partial charge on any atom is -0.378 e. The average Bonchev–Trinajstić information content (AvgIpc) is 2.80. The van der Waals surface area contributed by atoms with Gasteiger partial charge < -0.3 is 9.64 Å². The quantitative estimate of drug-likeness (QED) is 0.589. The SMILES string of the molecule is CCc1ccc(C(C)C(CC)(C(=O)c2ccc(N3CCOCC3)cc2)N(C)C)cc1. The van der Waals surface area contributed by atoms with E-state index in [9.17, 15) is 4.79 Å². The lowest BCUT2D eigenvalue weighted by Gasteiger charge is -2.43. The summed E-state index contributed by atoms with van der Waals surface area (Å²) in [5.74, 6) is 0.269. The fourth-order valence-electron chi connectivity index (χ4n) is 4.78. The summed E-state index contributed by atoms with van der Waals surface area (Å²) in [7, 11) is 4.06. The van der Waals surface area contributed by atoms with Crippen LogP contribution < -0.4 is 4.90 Å². The summed E-state index contributed by atoms with van der Waals surface area (Å²) in [5, 5.41) is 0. The Bertz CT molecular complexity index is 823. The first-order chi connectivity index (χ1) is 14.4. The van der Waals surface area contributed by atoms with Gasteiger partial charge in [-0.3, -0.25) is 9.69 Å². The molecular formula is C26H36N2O2. The molecule has 0 spiro atoms. The molecule has 1 fully saturated rings. The van der Waals surface area contributed by atoms with Crippen LogP contribution in [0.2, 0.25) is 0 Å². The van der Waals surface area contributed by atoms with Crippen LogP contribution in [0.4, 0.5) is 5.69 Å². The van der Waals surface area contributed by atoms with E-state index < -0.39 is 5.54 Å². The number of ketones is 1. The third-order valence-corrected chi connectivity index (χ3v) is 6.84. The van der Waals surface area contributed by atoms with Gasteiger partial charge in [-0.25, -0.2) is 0 Å². The van der Waals surface area contributed by atoms with Crippen molar-refractivity contribution in [1.82, 2.24) is 4.90 Å². The zero-order valence-electron chi connectivity index (χ0n) is 19.1. The molecule has 2 aromatic carbocycles. The first-order valence-corrected chi connectivity index (χ1v) is 11.2. The molecule has 0 radical (unpaired) electrons. The maximum Gasteiger partial charge on any atom is 0.183 e. The highest BCUT2D eigenvalue weighted by Gasteiger charge is 2.44. The van der Waals surface area contributed by atoms with E-state index in [4.69, 9.17) is 4.74 Å². The lowest BCUT2D eigenvalue weighted by Crippen LogP contribution is -2.54. The predicted molar refractivity (Wildman–Crippen MR) is 125 cm³/mol. The Morgan fingerprint density at radius 2 is 1.63 bits per heavy atom. The van der Waals surface area contributed by atoms with Crippen LogP contribution >= 0.6 is 0 Å². The molecule has 30 heavy (non-hydrogen) atoms. The lowest BCUT2D eigenvalue weighted by atomic mass is 9.72. The summed E-state index contributed by atoms with van der Waals surface area (Å²) < 4.78 is 5.45. The number of carbonyl (C=O) groups excluding carboxylic acids is 1. The van der Waals surface area contributed by atoms with Gasteiger partial charge in [0.2, 0.25) is 0 Å². The minimum atomic E-state index is -0.589. The van der Waals surface area contributed by atoms with E-state index in [1.54, 1.807) is 0 Å². The zero-order chi connectivity index (χ0) is 21.7. The third kappa shape index (κ3) is 4.30. The number of Topliss-reactive ketones (excluding diaryl/α,β-unsaturated/α-hetero) is 1. The monoisotopic (exact) mass is 408 g/mol. The molecule has 4 heteroatoms. The smallest absolute Gasteiger partial charge is 0.183 e. The van der Waals surface area contributed by atoms with Gasteiger partial charge in [-0.2, -0.15) is 0 Å². The largest absolute Gasteiger partial charge is 0.378 e. The molecule has 1 aliphatic rings. The highest BCUT2D eigenvalue weighted by atomic mass is 16.5. The van der Waals surface area contributed by atoms with E-state index in [1.165, 1.54) is 11.1 Å². The molecule has 1 saturated heterocycles. The maximum absolute atomic E-state index is 13.9. The molecule has 0 N–H and O–H groups in total. The second-order valence-electron chi connectivity index (χ2n) is 8.46. The Kier molecular flexibility index (Phi) is 7.32. The second-order valence-corrected chi connectivity index (χ2v) is 8.46. The molecule has 1 heterocycles. The number of anilines is 1. The van der Waals surface area contributed by atoms with Gasteiger partial charge in [0.1, 0.15) is 0 Å². The van der Waals surface area contributed by atoms with E-state index >= 15 is 0 Å². The van der Waals surface area contributed by atoms with Gasteiger partial charge in [0.15, 0.2) is 5.78 Å². The van der Waals surface area contributed by atoms with Crippen LogP contribution in [-0.2, 0) is 11.2 Å². The van der Waals surface area contributed by atoms with Crippen LogP contribution in [0.15, 0.2) is 48.5 Å². The third-order valence-electron chi connectivity index (χ3n) is 6.84. The van der Waals surface area contributed by atoms with Crippen molar-refractivity contribution in [3.8, 4) is 0 Å². The van der Waals surface area contributed by atoms with Gasteiger partial charge in [-0.05, 0) is 62.3 Å². The van der Waals surface area contributed by atoms with E-state index in [-0.39, 0.29) is 11.7 Å². The number of aryl methyl sites for hydroxylation is 1. The molecule has 0 saturated carbocycles. The molecular weight excluding hydrogens is 372 g/mol. The van der Waals surface area contributed by atoms with E-state index in [0.717, 1.165) is 50.4 Å². The second kappa shape index (κ2) is 9.76. The standard InChI is InChI=1S/C26H36N2O2/c1-6-21-8-10-22(11-9-21)20(3)26(7-2,27(4)5)25(29)23-12-14-24(15-13-23)28-16-18-30-19-17-28/h8-15,20H,6-7,16-19H2,1-5H3. The molecule has 4 nitrogen and oxygen atoms in total. The number of morpholine rings is 1. The Morgan fingerprint density at radius 1 is 1.03 bits per heavy atom. The Morgan fingerprint density at radius 3 is 2.13 bits per heavy atom. The van der Waals surface area contributed by atoms with Crippen LogP contribution in [0.3, 0.4) is 0 Å². The van der Waals surface area contributed by atoms with Crippen molar-refractivity contribution in [2.24, 2.45) is 0 Å². The van der Waals surface area contributed by atoms with Crippen molar-refractivity contribution in [3.05, 3.63) is 65.2 Å². The van der Waals surface area contributed by atoms with Crippen LogP contribution in [-0.4, -0.2) is 56.6 Å². The molecule has 2 atom stereocenters. The topological polar surface area (TPSA) is 32.8 Å². The summed E-state index contributed by atoms with van der Waals surface area (Å²) in [5.41, 5.74) is 3.88. The summed E-state index contributed by atoms with van der Waals surface area (Å²) in [6.45, 7) is 9.78. The lowest BCUT2D eigenvalue weighted by molar-refractivity contribution is 0.0601. The number of nitrogens with zero attached hydrogens (tertiary/aromatic N) is 2. The number of hydrogen-bond donors (Lipinski definition) is 0. The molecule has 0 amide bonds. The highest BCUT2D eigenvalue weighted by molar-refractivity contribution is 6.04. The number of carbonyl (C=O) groups is 1. The molecule has 2 unspecified atom stereocenters. The summed E-state index contributed by atoms with van der Waals surface area (Å²) >= 11 is 0. The normalized spacial score (nSPS) is 17.6. The van der Waals surface area contributed by atoms with Gasteiger partial charge in [-0.15, -0.1) is 0 Å². The summed E-state index contributed by atoms with van der Waals surface area (Å²) in [4.78, 5) is 18.3. The molecule has 0 bridgehead atoms. The minimum absolute atomic E-state index is 0.0785. The van der Waals surface area contributed by atoms with Crippen molar-refractivity contribution in [1.29, 1.82) is 0 Å². The van der Waals surface area contributed by atoms with E-state index in [0.29, 0.717) is 0 Å². The van der Waals surface area contributed by atoms with Crippen molar-refractivity contribution in [3.63, 3.8) is 0 Å². The Labute approximate surface area is 181 Å². The van der Waals surface area contributed by atoms with E-state index in [1.807, 2.05) is 26.2 Å². The number of ether oxygens (including phenoxy) is 1. The number of rotatable bonds is 8. The first kappa shape index (κ1) is 22.5. The fourth-order valence-corrected chi connectivity index (χ4v) is 4.78. The van der Waals surface area contributed by atoms with E-state index in [2.05, 4.69) is 67.0 Å². The predicted octanol–water partition coefficient (Wildman–Crippen LogP) is 4.78. The molecule has 3 rings (SSSR count). The highest BCUT2D eigenvalue weighted by Crippen LogP contribution is 2.38. The number of likely N-dealkylation sites (N-methyl/N-ethyl adjacent to an activating group) is 1. The van der Waals surface area contributed by atoms with Crippen LogP contribution in [0, 0.1) is 0 Å². The molecule has 0 aromatic heterocycles. The van der Waals surface area contributed by atoms with Crippen LogP contribution in [0.1, 0.15) is 54.6 Å². The Balaban J connectivity index is 1.90. The Hall–Kier alpha value is -2.17. The average molecular weight is 409 g/mol. The van der Waals surface area contributed by atoms with Gasteiger partial charge in [0.25, 0.3) is 0 Å². The van der Waals surface area contributed by atoms with Crippen molar-refractivity contribution in [2.75, 3.05) is 45.3 Å². The molecule has 1 aliphatic heterocycles. The first-order valence-electron chi connectivity index (χ1n) is 11.2. The summed E-state index contributed by atoms with van der Waals surface area (Å²) in [6, 6.07) is 16.9. The molecule has 162 valence electrons. The van der Waals surface area contributed by atoms with Crippen molar-refractivity contribution >= 4 is 11.5 Å². The number of benzene rings is 2. The van der Waals surface area contributed by atoms with Gasteiger partial charge in [0, 0.05) is 30.3 Å². The van der Waals surface area contributed by atoms with Crippen LogP contribution in [0.5, 0.6) is 0 Å². The number of hydrogen-bond acceptors (Lipinski definition) is 4. The van der Waals surface area contributed by atoms with Crippen LogP contribution in [0.25, 0.3) is 0 Å². The fraction of sp³-hybridized carbons (Fsp3) is 0.500. The van der Waals surface area contributed by atoms with Gasteiger partial charge in [-0.1, -0.05) is 45.0 Å². The van der Waals surface area contributed by atoms with Crippen molar-refractivity contribution in [2.45, 2.75) is 45.1 Å². The van der Waals surface area contributed by atoms with Gasteiger partial charge in [0.05, 0.1) is 18.8 Å². The van der Waals surface area contributed by atoms with Crippen molar-refractivity contribution < 1.29 is 9.53 Å². The summed E-state index contributed by atoms with van der Waals surface area (Å²) in [6.07, 6.45) is 1.77.